The first-order valence-corrected chi connectivity index (χ1v) is 14.9. The summed E-state index contributed by atoms with van der Waals surface area (Å²) in [6.45, 7) is 2.24. The number of likely N-dealkylation sites (N-methyl/N-ethyl adjacent to an activating group) is 1. The topological polar surface area (TPSA) is 129 Å². The van der Waals surface area contributed by atoms with Crippen LogP contribution in [0.25, 0.3) is 0 Å². The number of rotatable bonds is 11. The van der Waals surface area contributed by atoms with Gasteiger partial charge in [0.15, 0.2) is 12.1 Å². The number of hydrogen-bond acceptors (Lipinski definition) is 8. The van der Waals surface area contributed by atoms with Gasteiger partial charge in [0.25, 0.3) is 5.91 Å². The molecule has 9 nitrogen and oxygen atoms in total. The Kier molecular flexibility index (Phi) is 10.4. The summed E-state index contributed by atoms with van der Waals surface area (Å²) in [4.78, 5) is 26.9. The lowest BCUT2D eigenvalue weighted by molar-refractivity contribution is -0.252. The van der Waals surface area contributed by atoms with E-state index in [0.29, 0.717) is 47.5 Å². The number of anilines is 1. The number of hydrogen-bond donors (Lipinski definition) is 4. The predicted octanol–water partition coefficient (Wildman–Crippen LogP) is 5.55. The molecule has 0 aromatic heterocycles. The normalized spacial score (nSPS) is 18.8. The number of phenols is 1. The molecule has 1 fully saturated rings. The highest BCUT2D eigenvalue weighted by Gasteiger charge is 2.33. The third-order valence-electron chi connectivity index (χ3n) is 7.82. The lowest BCUT2D eigenvalue weighted by Crippen LogP contribution is -2.39. The summed E-state index contributed by atoms with van der Waals surface area (Å²) in [6.07, 6.45) is -1.62. The second kappa shape index (κ2) is 14.6. The van der Waals surface area contributed by atoms with Crippen molar-refractivity contribution in [1.29, 1.82) is 0 Å². The average Bonchev–Trinajstić information content (AvgIpc) is 3.04. The molecule has 4 unspecified atom stereocenters. The van der Waals surface area contributed by atoms with Crippen molar-refractivity contribution in [3.05, 3.63) is 130 Å². The van der Waals surface area contributed by atoms with E-state index in [9.17, 15) is 24.9 Å². The van der Waals surface area contributed by atoms with Crippen molar-refractivity contribution in [2.45, 2.75) is 44.6 Å². The van der Waals surface area contributed by atoms with Crippen LogP contribution in [0, 0.1) is 0 Å². The minimum atomic E-state index is -0.800. The van der Waals surface area contributed by atoms with Gasteiger partial charge in [-0.15, -0.1) is 0 Å². The number of phenolic OH excluding ortho intramolecular Hbond substituents is 1. The predicted molar refractivity (Wildman–Crippen MR) is 170 cm³/mol. The molecular formula is C36H38N2O7. The van der Waals surface area contributed by atoms with Gasteiger partial charge in [-0.2, -0.15) is 0 Å². The molecule has 0 radical (unpaired) electrons. The van der Waals surface area contributed by atoms with Crippen LogP contribution in [0.2, 0.25) is 0 Å². The van der Waals surface area contributed by atoms with Crippen LogP contribution in [-0.4, -0.2) is 58.2 Å². The average molecular weight is 611 g/mol. The Bertz CT molecular complexity index is 1620. The fourth-order valence-electron chi connectivity index (χ4n) is 5.43. The van der Waals surface area contributed by atoms with E-state index in [1.54, 1.807) is 66.7 Å². The molecule has 1 amide bonds. The van der Waals surface area contributed by atoms with Crippen LogP contribution < -0.4 is 5.32 Å². The molecule has 4 aromatic carbocycles. The van der Waals surface area contributed by atoms with Gasteiger partial charge in [0, 0.05) is 41.9 Å². The monoisotopic (exact) mass is 610 g/mol. The van der Waals surface area contributed by atoms with Gasteiger partial charge in [-0.05, 0) is 67.1 Å². The largest absolute Gasteiger partial charge is 0.508 e. The molecule has 1 aliphatic rings. The van der Waals surface area contributed by atoms with Crippen molar-refractivity contribution in [2.75, 3.05) is 25.5 Å². The summed E-state index contributed by atoms with van der Waals surface area (Å²) < 4.78 is 12.9. The zero-order valence-corrected chi connectivity index (χ0v) is 25.3. The molecule has 45 heavy (non-hydrogen) atoms. The van der Waals surface area contributed by atoms with Crippen molar-refractivity contribution in [3.63, 3.8) is 0 Å². The van der Waals surface area contributed by atoms with Crippen molar-refractivity contribution in [2.24, 2.45) is 0 Å². The van der Waals surface area contributed by atoms with Crippen molar-refractivity contribution >= 4 is 17.4 Å². The maximum absolute atomic E-state index is 13.2. The number of nitrogens with one attached hydrogen (secondary N) is 1. The Morgan fingerprint density at radius 3 is 2.38 bits per heavy atom. The SMILES string of the molecule is CC(=O)c1cccc(NC(=O)c2cccc(C3OC(CN(C)CC(O)c4cccc(O)c4)CC(c4ccc(CO)cc4)O3)c2)c1. The first kappa shape index (κ1) is 32.0. The van der Waals surface area contributed by atoms with E-state index in [1.165, 1.54) is 6.92 Å². The Balaban J connectivity index is 1.34. The number of aliphatic hydroxyl groups is 2. The molecule has 0 bridgehead atoms. The highest BCUT2D eigenvalue weighted by Crippen LogP contribution is 2.38. The number of nitrogens with zero attached hydrogens (tertiary/aromatic N) is 1. The third kappa shape index (κ3) is 8.42. The summed E-state index contributed by atoms with van der Waals surface area (Å²) in [5.41, 5.74) is 4.46. The Labute approximate surface area is 262 Å². The van der Waals surface area contributed by atoms with Gasteiger partial charge in [-0.25, -0.2) is 0 Å². The number of aliphatic hydroxyl groups excluding tert-OH is 2. The second-order valence-electron chi connectivity index (χ2n) is 11.4. The molecule has 1 aliphatic heterocycles. The highest BCUT2D eigenvalue weighted by atomic mass is 16.7. The number of aromatic hydroxyl groups is 1. The number of carbonyl (C=O) groups excluding carboxylic acids is 2. The Morgan fingerprint density at radius 1 is 0.911 bits per heavy atom. The van der Waals surface area contributed by atoms with E-state index >= 15 is 0 Å². The molecule has 0 aliphatic carbocycles. The molecule has 0 spiro atoms. The van der Waals surface area contributed by atoms with Crippen LogP contribution in [0.1, 0.15) is 74.8 Å². The van der Waals surface area contributed by atoms with Crippen molar-refractivity contribution in [3.8, 4) is 5.75 Å². The molecule has 4 N–H and O–H groups in total. The molecule has 5 rings (SSSR count). The van der Waals surface area contributed by atoms with Crippen molar-refractivity contribution < 1.29 is 34.4 Å². The van der Waals surface area contributed by atoms with Crippen LogP contribution in [-0.2, 0) is 16.1 Å². The highest BCUT2D eigenvalue weighted by molar-refractivity contribution is 6.05. The quantitative estimate of drug-likeness (QED) is 0.163. The van der Waals surface area contributed by atoms with Gasteiger partial charge in [-0.3, -0.25) is 9.59 Å². The number of ether oxygens (including phenoxy) is 2. The zero-order chi connectivity index (χ0) is 31.9. The van der Waals surface area contributed by atoms with E-state index in [0.717, 1.165) is 11.1 Å². The van der Waals surface area contributed by atoms with Gasteiger partial charge < -0.3 is 35.0 Å². The lowest BCUT2D eigenvalue weighted by Gasteiger charge is -2.38. The summed E-state index contributed by atoms with van der Waals surface area (Å²) in [7, 11) is 1.90. The number of amides is 1. The van der Waals surface area contributed by atoms with Gasteiger partial charge in [0.2, 0.25) is 0 Å². The van der Waals surface area contributed by atoms with Crippen LogP contribution in [0.4, 0.5) is 5.69 Å². The minimum absolute atomic E-state index is 0.0552. The van der Waals surface area contributed by atoms with E-state index in [1.807, 2.05) is 42.3 Å². The first-order chi connectivity index (χ1) is 21.7. The maximum Gasteiger partial charge on any atom is 0.255 e. The van der Waals surface area contributed by atoms with Gasteiger partial charge in [0.05, 0.1) is 24.9 Å². The molecule has 234 valence electrons. The van der Waals surface area contributed by atoms with E-state index in [4.69, 9.17) is 9.47 Å². The summed E-state index contributed by atoms with van der Waals surface area (Å²) in [5, 5.41) is 33.0. The van der Waals surface area contributed by atoms with Crippen LogP contribution in [0.3, 0.4) is 0 Å². The molecule has 4 aromatic rings. The van der Waals surface area contributed by atoms with Crippen LogP contribution in [0.15, 0.2) is 97.1 Å². The first-order valence-electron chi connectivity index (χ1n) is 14.9. The standard InChI is InChI=1S/C36H38N2O7/c1-23(40)26-6-4-10-30(17-26)37-35(43)28-8-3-9-29(16-28)36-44-32(19-34(45-36)25-14-12-24(22-39)13-15-25)20-38(2)21-33(42)27-7-5-11-31(41)18-27/h3-18,32-34,36,39,41-42H,19-22H2,1-2H3,(H,37,43). The number of Topliss-reactive ketones (excluding diaryl/α,β-unsaturated/α-hetero) is 1. The lowest BCUT2D eigenvalue weighted by atomic mass is 9.99. The summed E-state index contributed by atoms with van der Waals surface area (Å²) in [6, 6.07) is 28.0. The van der Waals surface area contributed by atoms with Crippen molar-refractivity contribution in [1.82, 2.24) is 4.90 Å². The minimum Gasteiger partial charge on any atom is -0.508 e. The second-order valence-corrected chi connectivity index (χ2v) is 11.4. The van der Waals surface area contributed by atoms with Crippen LogP contribution in [0.5, 0.6) is 5.75 Å². The van der Waals surface area contributed by atoms with Gasteiger partial charge >= 0.3 is 0 Å². The fourth-order valence-corrected chi connectivity index (χ4v) is 5.43. The summed E-state index contributed by atoms with van der Waals surface area (Å²) in [5.74, 6) is -0.323. The Hall–Kier alpha value is -4.38. The molecule has 1 saturated heterocycles. The molecule has 0 saturated carbocycles. The fraction of sp³-hybridized carbons (Fsp3) is 0.278. The van der Waals surface area contributed by atoms with E-state index in [-0.39, 0.29) is 36.3 Å². The van der Waals surface area contributed by atoms with Gasteiger partial charge in [-0.1, -0.05) is 60.7 Å². The van der Waals surface area contributed by atoms with E-state index < -0.39 is 12.4 Å². The smallest absolute Gasteiger partial charge is 0.255 e. The Morgan fingerprint density at radius 2 is 1.64 bits per heavy atom. The number of carbonyl (C=O) groups is 2. The molecule has 1 heterocycles. The zero-order valence-electron chi connectivity index (χ0n) is 25.3. The van der Waals surface area contributed by atoms with E-state index in [2.05, 4.69) is 5.32 Å². The summed E-state index contributed by atoms with van der Waals surface area (Å²) >= 11 is 0. The number of benzene rings is 4. The van der Waals surface area contributed by atoms with Crippen LogP contribution >= 0.6 is 0 Å². The number of ketones is 1. The maximum atomic E-state index is 13.2. The third-order valence-corrected chi connectivity index (χ3v) is 7.82. The molecule has 4 atom stereocenters. The molecular weight excluding hydrogens is 572 g/mol. The van der Waals surface area contributed by atoms with Gasteiger partial charge in [0.1, 0.15) is 5.75 Å². The molecule has 9 heteroatoms.